The second-order valence-electron chi connectivity index (χ2n) is 6.14. The highest BCUT2D eigenvalue weighted by atomic mass is 35.5. The molecule has 114 valence electrons. The molecule has 0 bridgehead atoms. The fraction of sp³-hybridized carbons (Fsp3) is 0.529. The maximum atomic E-state index is 11.9. The van der Waals surface area contributed by atoms with Crippen LogP contribution in [0.25, 0.3) is 0 Å². The summed E-state index contributed by atoms with van der Waals surface area (Å²) in [6, 6.07) is 4.15. The molecule has 0 saturated carbocycles. The number of Topliss-reactive ketones (excluding diaryl/α,β-unsaturated/α-hetero) is 1. The Labute approximate surface area is 136 Å². The fourth-order valence-corrected chi connectivity index (χ4v) is 4.04. The Morgan fingerprint density at radius 1 is 1.38 bits per heavy atom. The lowest BCUT2D eigenvalue weighted by atomic mass is 9.81. The number of thioether (sulfide) groups is 1. The quantitative estimate of drug-likeness (QED) is 0.593. The molecule has 1 aliphatic rings. The summed E-state index contributed by atoms with van der Waals surface area (Å²) in [4.78, 5) is 16.0. The van der Waals surface area contributed by atoms with Gasteiger partial charge in [0.15, 0.2) is 5.78 Å². The van der Waals surface area contributed by atoms with Crippen molar-refractivity contribution >= 4 is 29.1 Å². The van der Waals surface area contributed by atoms with Crippen LogP contribution in [0, 0.1) is 19.8 Å². The molecule has 1 aromatic heterocycles. The smallest absolute Gasteiger partial charge is 0.158 e. The molecule has 1 aromatic rings. The number of ketones is 1. The van der Waals surface area contributed by atoms with Crippen LogP contribution in [0.3, 0.4) is 0 Å². The molecule has 1 aliphatic carbocycles. The van der Waals surface area contributed by atoms with Crippen LogP contribution >= 0.6 is 23.4 Å². The minimum atomic E-state index is -0.392. The van der Waals surface area contributed by atoms with E-state index in [-0.39, 0.29) is 11.7 Å². The maximum Gasteiger partial charge on any atom is 0.158 e. The number of allylic oxidation sites excluding steroid dienone is 2. The van der Waals surface area contributed by atoms with Crippen LogP contribution in [-0.2, 0) is 4.79 Å². The Bertz CT molecular complexity index is 560. The van der Waals surface area contributed by atoms with Crippen molar-refractivity contribution in [3.63, 3.8) is 0 Å². The largest absolute Gasteiger partial charge is 0.295 e. The molecule has 21 heavy (non-hydrogen) atoms. The van der Waals surface area contributed by atoms with Gasteiger partial charge in [0.05, 0.1) is 9.90 Å². The van der Waals surface area contributed by atoms with Gasteiger partial charge in [-0.05, 0) is 63.3 Å². The summed E-state index contributed by atoms with van der Waals surface area (Å²) in [5.74, 6) is 1.19. The van der Waals surface area contributed by atoms with Gasteiger partial charge < -0.3 is 0 Å². The molecule has 2 unspecified atom stereocenters. The molecule has 2 rings (SSSR count). The Morgan fingerprint density at radius 3 is 2.71 bits per heavy atom. The molecule has 0 aromatic carbocycles. The van der Waals surface area contributed by atoms with Gasteiger partial charge in [-0.15, -0.1) is 23.4 Å². The Kier molecular flexibility index (Phi) is 5.15. The van der Waals surface area contributed by atoms with E-state index in [0.717, 1.165) is 28.5 Å². The van der Waals surface area contributed by atoms with Crippen LogP contribution in [0.2, 0.25) is 0 Å². The summed E-state index contributed by atoms with van der Waals surface area (Å²) in [6.07, 6.45) is 3.47. The molecular formula is C17H22ClNOS. The molecule has 2 nitrogen and oxygen atoms in total. The third-order valence-corrected chi connectivity index (χ3v) is 5.86. The average molecular weight is 324 g/mol. The minimum Gasteiger partial charge on any atom is -0.295 e. The van der Waals surface area contributed by atoms with Crippen LogP contribution in [0.15, 0.2) is 28.8 Å². The first-order valence-electron chi connectivity index (χ1n) is 7.25. The number of aryl methyl sites for hydroxylation is 2. The lowest BCUT2D eigenvalue weighted by Gasteiger charge is -2.33. The van der Waals surface area contributed by atoms with Crippen molar-refractivity contribution in [3.05, 3.63) is 35.0 Å². The van der Waals surface area contributed by atoms with E-state index in [0.29, 0.717) is 6.42 Å². The number of rotatable bonds is 4. The SMILES string of the molecule is CC1=CCC(C(C)(Cl)CSc2cc(C)cc(C)n2)CC1=O. The number of carbonyl (C=O) groups is 1. The van der Waals surface area contributed by atoms with Gasteiger partial charge in [0, 0.05) is 17.9 Å². The average Bonchev–Trinajstić information content (AvgIpc) is 2.38. The zero-order valence-corrected chi connectivity index (χ0v) is 14.6. The Balaban J connectivity index is 2.02. The van der Waals surface area contributed by atoms with E-state index in [9.17, 15) is 4.79 Å². The highest BCUT2D eigenvalue weighted by Crippen LogP contribution is 2.38. The lowest BCUT2D eigenvalue weighted by molar-refractivity contribution is -0.117. The molecule has 4 heteroatoms. The second-order valence-corrected chi connectivity index (χ2v) is 8.00. The summed E-state index contributed by atoms with van der Waals surface area (Å²) >= 11 is 8.40. The van der Waals surface area contributed by atoms with Crippen molar-refractivity contribution < 1.29 is 4.79 Å². The molecule has 0 spiro atoms. The third-order valence-electron chi connectivity index (χ3n) is 4.01. The van der Waals surface area contributed by atoms with Gasteiger partial charge in [0.2, 0.25) is 0 Å². The summed E-state index contributed by atoms with van der Waals surface area (Å²) in [5.41, 5.74) is 3.12. The van der Waals surface area contributed by atoms with Crippen molar-refractivity contribution in [1.82, 2.24) is 4.98 Å². The molecule has 0 aliphatic heterocycles. The molecule has 0 radical (unpaired) electrons. The van der Waals surface area contributed by atoms with Crippen LogP contribution in [0.1, 0.15) is 37.9 Å². The number of halogens is 1. The molecule has 1 heterocycles. The second kappa shape index (κ2) is 6.53. The number of nitrogens with zero attached hydrogens (tertiary/aromatic N) is 1. The molecule has 0 saturated heterocycles. The first kappa shape index (κ1) is 16.6. The van der Waals surface area contributed by atoms with Gasteiger partial charge in [-0.25, -0.2) is 4.98 Å². The van der Waals surface area contributed by atoms with E-state index < -0.39 is 4.87 Å². The number of hydrogen-bond acceptors (Lipinski definition) is 3. The number of hydrogen-bond donors (Lipinski definition) is 0. The highest BCUT2D eigenvalue weighted by molar-refractivity contribution is 7.99. The lowest BCUT2D eigenvalue weighted by Crippen LogP contribution is -2.34. The maximum absolute atomic E-state index is 11.9. The third kappa shape index (κ3) is 4.33. The van der Waals surface area contributed by atoms with Gasteiger partial charge >= 0.3 is 0 Å². The van der Waals surface area contributed by atoms with E-state index in [1.807, 2.05) is 26.8 Å². The minimum absolute atomic E-state index is 0.203. The molecule has 0 amide bonds. The van der Waals surface area contributed by atoms with Crippen LogP contribution in [-0.4, -0.2) is 21.4 Å². The van der Waals surface area contributed by atoms with Crippen molar-refractivity contribution in [3.8, 4) is 0 Å². The number of aromatic nitrogens is 1. The van der Waals surface area contributed by atoms with Crippen LogP contribution in [0.5, 0.6) is 0 Å². The van der Waals surface area contributed by atoms with Crippen LogP contribution < -0.4 is 0 Å². The topological polar surface area (TPSA) is 30.0 Å². The van der Waals surface area contributed by atoms with E-state index >= 15 is 0 Å². The normalized spacial score (nSPS) is 21.9. The zero-order chi connectivity index (χ0) is 15.6. The fourth-order valence-electron chi connectivity index (χ4n) is 2.57. The first-order chi connectivity index (χ1) is 9.78. The van der Waals surface area contributed by atoms with Crippen molar-refractivity contribution in [2.24, 2.45) is 5.92 Å². The number of alkyl halides is 1. The predicted molar refractivity (Wildman–Crippen MR) is 90.2 cm³/mol. The zero-order valence-electron chi connectivity index (χ0n) is 13.1. The summed E-state index contributed by atoms with van der Waals surface area (Å²) < 4.78 is 0. The summed E-state index contributed by atoms with van der Waals surface area (Å²) in [5, 5.41) is 1.01. The van der Waals surface area contributed by atoms with E-state index in [4.69, 9.17) is 11.6 Å². The molecule has 0 fully saturated rings. The number of carbonyl (C=O) groups excluding carboxylic acids is 1. The molecule has 2 atom stereocenters. The highest BCUT2D eigenvalue weighted by Gasteiger charge is 2.35. The van der Waals surface area contributed by atoms with Gasteiger partial charge in [-0.3, -0.25) is 4.79 Å². The number of pyridine rings is 1. The van der Waals surface area contributed by atoms with E-state index in [2.05, 4.69) is 24.0 Å². The summed E-state index contributed by atoms with van der Waals surface area (Å²) in [7, 11) is 0. The van der Waals surface area contributed by atoms with E-state index in [1.165, 1.54) is 5.56 Å². The van der Waals surface area contributed by atoms with Crippen molar-refractivity contribution in [1.29, 1.82) is 0 Å². The van der Waals surface area contributed by atoms with Gasteiger partial charge in [0.1, 0.15) is 0 Å². The van der Waals surface area contributed by atoms with Gasteiger partial charge in [-0.1, -0.05) is 6.08 Å². The molecule has 0 N–H and O–H groups in total. The van der Waals surface area contributed by atoms with Gasteiger partial charge in [-0.2, -0.15) is 0 Å². The Hall–Kier alpha value is -0.800. The predicted octanol–water partition coefficient (Wildman–Crippen LogP) is 4.71. The Morgan fingerprint density at radius 2 is 2.10 bits per heavy atom. The summed E-state index contributed by atoms with van der Waals surface area (Å²) in [6.45, 7) is 8.01. The van der Waals surface area contributed by atoms with Gasteiger partial charge in [0.25, 0.3) is 0 Å². The van der Waals surface area contributed by atoms with Crippen LogP contribution in [0.4, 0.5) is 0 Å². The molecular weight excluding hydrogens is 302 g/mol. The van der Waals surface area contributed by atoms with Crippen molar-refractivity contribution in [2.75, 3.05) is 5.75 Å². The van der Waals surface area contributed by atoms with Crippen molar-refractivity contribution in [2.45, 2.75) is 50.4 Å². The first-order valence-corrected chi connectivity index (χ1v) is 8.61. The monoisotopic (exact) mass is 323 g/mol. The van der Waals surface area contributed by atoms with E-state index in [1.54, 1.807) is 11.8 Å². The standard InChI is InChI=1S/C17H22ClNOS/c1-11-7-13(3)19-16(8-11)21-10-17(4,18)14-6-5-12(2)15(20)9-14/h5,7-8,14H,6,9-10H2,1-4H3.